The lowest BCUT2D eigenvalue weighted by Crippen LogP contribution is -2.09. The number of rotatable bonds is 2. The van der Waals surface area contributed by atoms with E-state index in [0.717, 1.165) is 23.1 Å². The molecule has 0 spiro atoms. The molecule has 1 saturated heterocycles. The summed E-state index contributed by atoms with van der Waals surface area (Å²) in [7, 11) is 0. The van der Waals surface area contributed by atoms with Gasteiger partial charge in [-0.05, 0) is 42.1 Å². The fraction of sp³-hybridized carbons (Fsp3) is 0.455. The molecule has 1 fully saturated rings. The summed E-state index contributed by atoms with van der Waals surface area (Å²) in [5.74, 6) is 0.574. The first-order valence-corrected chi connectivity index (χ1v) is 5.70. The van der Waals surface area contributed by atoms with Crippen LogP contribution in [-0.4, -0.2) is 18.2 Å². The average Bonchev–Trinajstić information content (AvgIpc) is 2.70. The highest BCUT2D eigenvalue weighted by Crippen LogP contribution is 2.27. The van der Waals surface area contributed by atoms with Gasteiger partial charge < -0.3 is 10.4 Å². The number of aliphatic hydroxyl groups is 1. The minimum atomic E-state index is 0.130. The van der Waals surface area contributed by atoms with Crippen molar-refractivity contribution in [2.75, 3.05) is 13.1 Å². The van der Waals surface area contributed by atoms with Crippen molar-refractivity contribution < 1.29 is 5.11 Å². The predicted octanol–water partition coefficient (Wildman–Crippen LogP) is 2.02. The Kier molecular flexibility index (Phi) is 3.21. The molecule has 2 rings (SSSR count). The first-order valence-electron chi connectivity index (χ1n) is 4.91. The standard InChI is InChI=1S/C11H14BrNO/c12-10-1-2-11(9(5-10)7-14)8-3-4-13-6-8/h1-2,5,8,13-14H,3-4,6-7H2. The second-order valence-electron chi connectivity index (χ2n) is 3.69. The van der Waals surface area contributed by atoms with Crippen LogP contribution >= 0.6 is 15.9 Å². The van der Waals surface area contributed by atoms with Gasteiger partial charge in [-0.3, -0.25) is 0 Å². The SMILES string of the molecule is OCc1cc(Br)ccc1C1CCNC1. The topological polar surface area (TPSA) is 32.3 Å². The van der Waals surface area contributed by atoms with Crippen LogP contribution in [0.3, 0.4) is 0 Å². The largest absolute Gasteiger partial charge is 0.392 e. The molecule has 1 aromatic carbocycles. The molecule has 2 nitrogen and oxygen atoms in total. The maximum absolute atomic E-state index is 9.26. The second kappa shape index (κ2) is 4.43. The van der Waals surface area contributed by atoms with E-state index in [1.165, 1.54) is 12.0 Å². The van der Waals surface area contributed by atoms with Crippen LogP contribution in [0.15, 0.2) is 22.7 Å². The molecule has 3 heteroatoms. The maximum Gasteiger partial charge on any atom is 0.0685 e. The van der Waals surface area contributed by atoms with Crippen molar-refractivity contribution in [3.05, 3.63) is 33.8 Å². The maximum atomic E-state index is 9.26. The van der Waals surface area contributed by atoms with E-state index < -0.39 is 0 Å². The summed E-state index contributed by atoms with van der Waals surface area (Å²) in [4.78, 5) is 0. The van der Waals surface area contributed by atoms with Crippen LogP contribution in [0.4, 0.5) is 0 Å². The zero-order valence-electron chi connectivity index (χ0n) is 7.96. The third kappa shape index (κ3) is 2.00. The molecule has 1 aliphatic rings. The molecule has 1 unspecified atom stereocenters. The van der Waals surface area contributed by atoms with E-state index in [-0.39, 0.29) is 6.61 Å². The monoisotopic (exact) mass is 255 g/mol. The Bertz CT molecular complexity index is 321. The van der Waals surface area contributed by atoms with E-state index in [1.54, 1.807) is 0 Å². The van der Waals surface area contributed by atoms with Gasteiger partial charge in [0.1, 0.15) is 0 Å². The molecule has 2 N–H and O–H groups in total. The van der Waals surface area contributed by atoms with Crippen molar-refractivity contribution in [1.82, 2.24) is 5.32 Å². The molecule has 0 aliphatic carbocycles. The van der Waals surface area contributed by atoms with Gasteiger partial charge in [-0.15, -0.1) is 0 Å². The predicted molar refractivity (Wildman–Crippen MR) is 60.3 cm³/mol. The number of nitrogens with one attached hydrogen (secondary N) is 1. The van der Waals surface area contributed by atoms with Crippen LogP contribution in [0.2, 0.25) is 0 Å². The Morgan fingerprint density at radius 1 is 1.50 bits per heavy atom. The van der Waals surface area contributed by atoms with Gasteiger partial charge in [-0.2, -0.15) is 0 Å². The van der Waals surface area contributed by atoms with Crippen molar-refractivity contribution in [3.8, 4) is 0 Å². The van der Waals surface area contributed by atoms with Crippen LogP contribution in [0.1, 0.15) is 23.5 Å². The smallest absolute Gasteiger partial charge is 0.0685 e. The molecule has 0 aromatic heterocycles. The summed E-state index contributed by atoms with van der Waals surface area (Å²) in [6.45, 7) is 2.26. The van der Waals surface area contributed by atoms with E-state index in [9.17, 15) is 5.11 Å². The van der Waals surface area contributed by atoms with Crippen LogP contribution in [0.25, 0.3) is 0 Å². The van der Waals surface area contributed by atoms with Gasteiger partial charge in [0, 0.05) is 11.0 Å². The fourth-order valence-electron chi connectivity index (χ4n) is 2.03. The van der Waals surface area contributed by atoms with Gasteiger partial charge in [0.15, 0.2) is 0 Å². The Morgan fingerprint density at radius 3 is 3.00 bits per heavy atom. The molecule has 1 atom stereocenters. The molecule has 76 valence electrons. The molecular weight excluding hydrogens is 242 g/mol. The third-order valence-electron chi connectivity index (χ3n) is 2.78. The molecule has 1 aliphatic heterocycles. The third-order valence-corrected chi connectivity index (χ3v) is 3.27. The van der Waals surface area contributed by atoms with Crippen LogP contribution < -0.4 is 5.32 Å². The Morgan fingerprint density at radius 2 is 2.36 bits per heavy atom. The van der Waals surface area contributed by atoms with Gasteiger partial charge in [-0.25, -0.2) is 0 Å². The van der Waals surface area contributed by atoms with Crippen molar-refractivity contribution in [2.45, 2.75) is 18.9 Å². The van der Waals surface area contributed by atoms with Gasteiger partial charge in [0.05, 0.1) is 6.61 Å². The first kappa shape index (κ1) is 10.1. The lowest BCUT2D eigenvalue weighted by atomic mass is 9.94. The minimum Gasteiger partial charge on any atom is -0.392 e. The molecule has 0 bridgehead atoms. The zero-order valence-corrected chi connectivity index (χ0v) is 9.55. The lowest BCUT2D eigenvalue weighted by molar-refractivity contribution is 0.280. The summed E-state index contributed by atoms with van der Waals surface area (Å²) in [5.41, 5.74) is 2.34. The normalized spacial score (nSPS) is 21.4. The summed E-state index contributed by atoms with van der Waals surface area (Å²) in [5, 5.41) is 12.6. The molecule has 0 radical (unpaired) electrons. The number of halogens is 1. The van der Waals surface area contributed by atoms with Crippen LogP contribution in [-0.2, 0) is 6.61 Å². The summed E-state index contributed by atoms with van der Waals surface area (Å²) >= 11 is 3.42. The molecule has 1 heterocycles. The van der Waals surface area contributed by atoms with E-state index in [2.05, 4.69) is 27.3 Å². The molecule has 1 aromatic rings. The highest BCUT2D eigenvalue weighted by Gasteiger charge is 2.18. The van der Waals surface area contributed by atoms with Gasteiger partial charge in [0.25, 0.3) is 0 Å². The van der Waals surface area contributed by atoms with Gasteiger partial charge >= 0.3 is 0 Å². The quantitative estimate of drug-likeness (QED) is 0.848. The number of hydrogen-bond donors (Lipinski definition) is 2. The molecule has 0 amide bonds. The van der Waals surface area contributed by atoms with Crippen molar-refractivity contribution in [1.29, 1.82) is 0 Å². The molecule has 14 heavy (non-hydrogen) atoms. The second-order valence-corrected chi connectivity index (χ2v) is 4.61. The van der Waals surface area contributed by atoms with Gasteiger partial charge in [-0.1, -0.05) is 22.0 Å². The fourth-order valence-corrected chi connectivity index (χ4v) is 2.44. The first-order chi connectivity index (χ1) is 6.81. The van der Waals surface area contributed by atoms with Gasteiger partial charge in [0.2, 0.25) is 0 Å². The Hall–Kier alpha value is -0.380. The van der Waals surface area contributed by atoms with Crippen LogP contribution in [0.5, 0.6) is 0 Å². The summed E-state index contributed by atoms with van der Waals surface area (Å²) in [6, 6.07) is 6.17. The number of aliphatic hydroxyl groups excluding tert-OH is 1. The van der Waals surface area contributed by atoms with E-state index >= 15 is 0 Å². The minimum absolute atomic E-state index is 0.130. The summed E-state index contributed by atoms with van der Waals surface area (Å²) < 4.78 is 1.04. The van der Waals surface area contributed by atoms with Crippen molar-refractivity contribution >= 4 is 15.9 Å². The van der Waals surface area contributed by atoms with E-state index in [1.807, 2.05) is 12.1 Å². The van der Waals surface area contributed by atoms with E-state index in [0.29, 0.717) is 5.92 Å². The lowest BCUT2D eigenvalue weighted by Gasteiger charge is -2.13. The Balaban J connectivity index is 2.31. The number of hydrogen-bond acceptors (Lipinski definition) is 2. The highest BCUT2D eigenvalue weighted by atomic mass is 79.9. The van der Waals surface area contributed by atoms with E-state index in [4.69, 9.17) is 0 Å². The van der Waals surface area contributed by atoms with Crippen LogP contribution in [0, 0.1) is 0 Å². The molecular formula is C11H14BrNO. The highest BCUT2D eigenvalue weighted by molar-refractivity contribution is 9.10. The summed E-state index contributed by atoms with van der Waals surface area (Å²) in [6.07, 6.45) is 1.18. The molecule has 0 saturated carbocycles. The zero-order chi connectivity index (χ0) is 9.97. The van der Waals surface area contributed by atoms with Crippen molar-refractivity contribution in [3.63, 3.8) is 0 Å². The number of benzene rings is 1. The van der Waals surface area contributed by atoms with Crippen molar-refractivity contribution in [2.24, 2.45) is 0 Å². The Labute approximate surface area is 92.5 Å². The average molecular weight is 256 g/mol.